The Kier molecular flexibility index (Phi) is 4.45. The molecule has 0 atom stereocenters. The minimum atomic E-state index is -4.30. The molecule has 0 spiro atoms. The van der Waals surface area contributed by atoms with Crippen LogP contribution in [0.3, 0.4) is 0 Å². The summed E-state index contributed by atoms with van der Waals surface area (Å²) in [5, 5.41) is 0.558. The molecule has 0 bridgehead atoms. The second-order valence-electron chi connectivity index (χ2n) is 5.48. The number of rotatable bonds is 3. The highest BCUT2D eigenvalue weighted by molar-refractivity contribution is 7.15. The minimum absolute atomic E-state index is 0.558. The van der Waals surface area contributed by atoms with Crippen molar-refractivity contribution < 1.29 is 13.2 Å². The van der Waals surface area contributed by atoms with Crippen molar-refractivity contribution >= 4 is 22.2 Å². The first kappa shape index (κ1) is 16.1. The van der Waals surface area contributed by atoms with Crippen LogP contribution < -0.4 is 10.6 Å². The second-order valence-corrected chi connectivity index (χ2v) is 6.62. The van der Waals surface area contributed by atoms with E-state index in [-0.39, 0.29) is 0 Å². The molecule has 0 amide bonds. The lowest BCUT2D eigenvalue weighted by atomic mass is 10.1. The van der Waals surface area contributed by atoms with Gasteiger partial charge < -0.3 is 10.6 Å². The monoisotopic (exact) mass is 342 g/mol. The van der Waals surface area contributed by atoms with Gasteiger partial charge in [-0.3, -0.25) is 4.90 Å². The Morgan fingerprint density at radius 1 is 1.17 bits per heavy atom. The van der Waals surface area contributed by atoms with E-state index in [4.69, 9.17) is 5.73 Å². The van der Waals surface area contributed by atoms with Crippen LogP contribution in [0.15, 0.2) is 30.5 Å². The molecule has 2 N–H and O–H groups in total. The zero-order valence-corrected chi connectivity index (χ0v) is 13.2. The first-order chi connectivity index (χ1) is 10.9. The lowest BCUT2D eigenvalue weighted by Crippen LogP contribution is -2.45. The van der Waals surface area contributed by atoms with Crippen molar-refractivity contribution in [2.75, 3.05) is 36.8 Å². The quantitative estimate of drug-likeness (QED) is 0.931. The molecule has 0 unspecified atom stereocenters. The summed E-state index contributed by atoms with van der Waals surface area (Å²) in [6.07, 6.45) is -2.52. The number of halogens is 3. The van der Waals surface area contributed by atoms with Crippen LogP contribution in [0.2, 0.25) is 0 Å². The van der Waals surface area contributed by atoms with E-state index >= 15 is 0 Å². The van der Waals surface area contributed by atoms with Crippen LogP contribution in [0.1, 0.15) is 10.4 Å². The number of hydrogen-bond donors (Lipinski definition) is 1. The number of nitrogens with zero attached hydrogens (tertiary/aromatic N) is 3. The van der Waals surface area contributed by atoms with Gasteiger partial charge in [-0.1, -0.05) is 6.07 Å². The normalized spacial score (nSPS) is 16.7. The molecule has 4 nitrogen and oxygen atoms in total. The fraction of sp³-hybridized carbons (Fsp3) is 0.400. The molecule has 1 aromatic carbocycles. The van der Waals surface area contributed by atoms with Crippen molar-refractivity contribution in [3.05, 3.63) is 40.9 Å². The zero-order valence-electron chi connectivity index (χ0n) is 12.4. The zero-order chi connectivity index (χ0) is 16.4. The topological polar surface area (TPSA) is 45.4 Å². The Hall–Kier alpha value is -1.80. The number of anilines is 2. The van der Waals surface area contributed by atoms with E-state index < -0.39 is 11.7 Å². The predicted octanol–water partition coefficient (Wildman–Crippen LogP) is 3.07. The molecule has 124 valence electrons. The highest BCUT2D eigenvalue weighted by Gasteiger charge is 2.31. The van der Waals surface area contributed by atoms with E-state index in [0.29, 0.717) is 23.9 Å². The first-order valence-corrected chi connectivity index (χ1v) is 8.08. The number of thiazole rings is 1. The van der Waals surface area contributed by atoms with Crippen LogP contribution in [0.4, 0.5) is 24.0 Å². The van der Waals surface area contributed by atoms with E-state index in [9.17, 15) is 13.2 Å². The summed E-state index contributed by atoms with van der Waals surface area (Å²) in [6.45, 7) is 3.79. The second kappa shape index (κ2) is 6.37. The molecule has 2 aromatic rings. The fourth-order valence-corrected chi connectivity index (χ4v) is 3.39. The van der Waals surface area contributed by atoms with Crippen molar-refractivity contribution in [2.24, 2.45) is 0 Å². The van der Waals surface area contributed by atoms with Crippen LogP contribution >= 0.6 is 11.3 Å². The van der Waals surface area contributed by atoms with E-state index in [1.807, 2.05) is 4.90 Å². The van der Waals surface area contributed by atoms with Gasteiger partial charge in [0.05, 0.1) is 5.56 Å². The summed E-state index contributed by atoms with van der Waals surface area (Å²) in [6, 6.07) is 5.52. The maximum atomic E-state index is 12.8. The Morgan fingerprint density at radius 2 is 1.91 bits per heavy atom. The number of benzene rings is 1. The smallest absolute Gasteiger partial charge is 0.375 e. The van der Waals surface area contributed by atoms with Gasteiger partial charge in [0.15, 0.2) is 5.13 Å². The van der Waals surface area contributed by atoms with Crippen molar-refractivity contribution in [3.8, 4) is 0 Å². The van der Waals surface area contributed by atoms with Crippen molar-refractivity contribution in [1.82, 2.24) is 9.88 Å². The van der Waals surface area contributed by atoms with Crippen molar-refractivity contribution in [3.63, 3.8) is 0 Å². The largest absolute Gasteiger partial charge is 0.416 e. The molecule has 0 radical (unpaired) electrons. The summed E-state index contributed by atoms with van der Waals surface area (Å²) in [5.74, 6) is 0. The van der Waals surface area contributed by atoms with Gasteiger partial charge in [-0.05, 0) is 18.2 Å². The number of hydrogen-bond acceptors (Lipinski definition) is 5. The van der Waals surface area contributed by atoms with Gasteiger partial charge in [0, 0.05) is 49.5 Å². The van der Waals surface area contributed by atoms with E-state index in [0.717, 1.165) is 30.6 Å². The lowest BCUT2D eigenvalue weighted by molar-refractivity contribution is -0.137. The van der Waals surface area contributed by atoms with Crippen molar-refractivity contribution in [2.45, 2.75) is 12.7 Å². The third-order valence-corrected chi connectivity index (χ3v) is 4.67. The number of nitrogen functional groups attached to an aromatic ring is 1. The number of piperazine rings is 1. The molecular weight excluding hydrogens is 325 g/mol. The molecule has 1 aliphatic heterocycles. The van der Waals surface area contributed by atoms with Crippen molar-refractivity contribution in [1.29, 1.82) is 0 Å². The van der Waals surface area contributed by atoms with Crippen LogP contribution in [0.5, 0.6) is 0 Å². The lowest BCUT2D eigenvalue weighted by Gasteiger charge is -2.36. The summed E-state index contributed by atoms with van der Waals surface area (Å²) < 4.78 is 38.4. The van der Waals surface area contributed by atoms with Gasteiger partial charge in [0.2, 0.25) is 0 Å². The van der Waals surface area contributed by atoms with Gasteiger partial charge in [0.25, 0.3) is 0 Å². The van der Waals surface area contributed by atoms with Gasteiger partial charge in [-0.15, -0.1) is 11.3 Å². The number of nitrogens with two attached hydrogens (primary N) is 1. The molecule has 0 aliphatic carbocycles. The molecule has 3 rings (SSSR count). The molecule has 1 saturated heterocycles. The molecule has 0 saturated carbocycles. The Morgan fingerprint density at radius 3 is 2.52 bits per heavy atom. The summed E-state index contributed by atoms with van der Waals surface area (Å²) in [4.78, 5) is 9.39. The average Bonchev–Trinajstić information content (AvgIpc) is 2.92. The van der Waals surface area contributed by atoms with Gasteiger partial charge in [-0.2, -0.15) is 13.2 Å². The maximum Gasteiger partial charge on any atom is 0.416 e. The predicted molar refractivity (Wildman–Crippen MR) is 85.5 cm³/mol. The average molecular weight is 342 g/mol. The highest BCUT2D eigenvalue weighted by atomic mass is 32.1. The molecule has 8 heteroatoms. The fourth-order valence-electron chi connectivity index (χ4n) is 2.66. The van der Waals surface area contributed by atoms with Gasteiger partial charge >= 0.3 is 6.18 Å². The van der Waals surface area contributed by atoms with Crippen LogP contribution in [0.25, 0.3) is 0 Å². The Labute approximate surface area is 136 Å². The van der Waals surface area contributed by atoms with Gasteiger partial charge in [0.1, 0.15) is 0 Å². The van der Waals surface area contributed by atoms with Gasteiger partial charge in [-0.25, -0.2) is 4.98 Å². The minimum Gasteiger partial charge on any atom is -0.375 e. The van der Waals surface area contributed by atoms with E-state index in [1.165, 1.54) is 23.5 Å². The summed E-state index contributed by atoms with van der Waals surface area (Å²) in [7, 11) is 0. The third kappa shape index (κ3) is 3.94. The van der Waals surface area contributed by atoms with E-state index in [2.05, 4.69) is 9.88 Å². The van der Waals surface area contributed by atoms with Crippen LogP contribution in [0, 0.1) is 0 Å². The molecular formula is C15H17F3N4S. The Bertz CT molecular complexity index is 663. The molecule has 1 aromatic heterocycles. The number of aromatic nitrogens is 1. The highest BCUT2D eigenvalue weighted by Crippen LogP contribution is 2.32. The molecule has 23 heavy (non-hydrogen) atoms. The molecule has 2 heterocycles. The molecule has 1 aliphatic rings. The number of alkyl halides is 3. The summed E-state index contributed by atoms with van der Waals surface area (Å²) in [5.41, 5.74) is 5.65. The van der Waals surface area contributed by atoms with Crippen LogP contribution in [-0.2, 0) is 12.7 Å². The third-order valence-electron chi connectivity index (χ3n) is 3.86. The van der Waals surface area contributed by atoms with E-state index in [1.54, 1.807) is 12.3 Å². The summed E-state index contributed by atoms with van der Waals surface area (Å²) >= 11 is 1.47. The van der Waals surface area contributed by atoms with Crippen LogP contribution in [-0.4, -0.2) is 36.1 Å². The maximum absolute atomic E-state index is 12.8. The molecule has 1 fully saturated rings. The first-order valence-electron chi connectivity index (χ1n) is 7.26. The SMILES string of the molecule is Nc1ncc(CN2CCN(c3cccc(C(F)(F)F)c3)CC2)s1. The Balaban J connectivity index is 1.60. The standard InChI is InChI=1S/C15H17F3N4S/c16-15(17,18)11-2-1-3-12(8-11)22-6-4-21(5-7-22)10-13-9-20-14(19)23-13/h1-3,8-9H,4-7,10H2,(H2,19,20).